The molecule has 3 heteroatoms. The smallest absolute Gasteiger partial charge is 0.336 e. The lowest BCUT2D eigenvalue weighted by molar-refractivity contribution is -0.128. The Labute approximate surface area is 123 Å². The van der Waals surface area contributed by atoms with E-state index in [9.17, 15) is 4.79 Å². The number of hydrogen-bond donors (Lipinski definition) is 0. The molecule has 2 aromatic carbocycles. The average Bonchev–Trinajstić information content (AvgIpc) is 2.47. The van der Waals surface area contributed by atoms with E-state index < -0.39 is 5.97 Å². The second kappa shape index (κ2) is 6.73. The first-order valence-electron chi connectivity index (χ1n) is 6.05. The maximum Gasteiger partial charge on any atom is 0.336 e. The van der Waals surface area contributed by atoms with Gasteiger partial charge >= 0.3 is 5.97 Å². The van der Waals surface area contributed by atoms with Gasteiger partial charge < -0.3 is 4.74 Å². The number of halogens is 1. The minimum absolute atomic E-state index is 0.429. The molecule has 0 unspecified atom stereocenters. The summed E-state index contributed by atoms with van der Waals surface area (Å²) in [6.07, 6.45) is 4.75. The number of hydrogen-bond acceptors (Lipinski definition) is 2. The third-order valence-corrected chi connectivity index (χ3v) is 2.85. The molecule has 0 saturated heterocycles. The molecule has 0 aliphatic heterocycles. The molecule has 0 spiro atoms. The molecule has 0 saturated carbocycles. The number of benzene rings is 2. The van der Waals surface area contributed by atoms with Gasteiger partial charge in [-0.1, -0.05) is 48.5 Å². The predicted octanol–water partition coefficient (Wildman–Crippen LogP) is 4.60. The largest absolute Gasteiger partial charge is 0.423 e. The van der Waals surface area contributed by atoms with Crippen LogP contribution in [0.25, 0.3) is 12.2 Å². The van der Waals surface area contributed by atoms with Gasteiger partial charge in [0.2, 0.25) is 0 Å². The number of carbonyl (C=O) groups is 1. The number of ether oxygens (including phenoxy) is 1. The minimum atomic E-state index is -0.429. The highest BCUT2D eigenvalue weighted by Crippen LogP contribution is 2.15. The van der Waals surface area contributed by atoms with Gasteiger partial charge in [0.1, 0.15) is 5.75 Å². The highest BCUT2D eigenvalue weighted by atomic mass is 35.5. The van der Waals surface area contributed by atoms with Gasteiger partial charge in [-0.15, -0.1) is 0 Å². The van der Waals surface area contributed by atoms with E-state index in [1.165, 1.54) is 6.08 Å². The van der Waals surface area contributed by atoms with Crippen LogP contribution in [-0.4, -0.2) is 5.97 Å². The van der Waals surface area contributed by atoms with E-state index in [-0.39, 0.29) is 0 Å². The van der Waals surface area contributed by atoms with Crippen LogP contribution in [0.15, 0.2) is 61.2 Å². The van der Waals surface area contributed by atoms with Crippen LogP contribution in [0.1, 0.15) is 11.1 Å². The van der Waals surface area contributed by atoms with E-state index in [1.807, 2.05) is 24.3 Å². The van der Waals surface area contributed by atoms with Crippen LogP contribution < -0.4 is 4.74 Å². The fraction of sp³-hybridized carbons (Fsp3) is 0. The second-order valence-electron chi connectivity index (χ2n) is 4.08. The van der Waals surface area contributed by atoms with Crippen LogP contribution in [0.3, 0.4) is 0 Å². The maximum absolute atomic E-state index is 11.7. The summed E-state index contributed by atoms with van der Waals surface area (Å²) in [6, 6.07) is 14.3. The Kier molecular flexibility index (Phi) is 4.75. The summed E-state index contributed by atoms with van der Waals surface area (Å²) in [5.41, 5.74) is 1.78. The molecule has 2 rings (SSSR count). The molecule has 0 N–H and O–H groups in total. The topological polar surface area (TPSA) is 26.3 Å². The van der Waals surface area contributed by atoms with Crippen molar-refractivity contribution in [2.24, 2.45) is 0 Å². The van der Waals surface area contributed by atoms with E-state index in [2.05, 4.69) is 6.58 Å². The molecule has 2 aromatic rings. The Bertz CT molecular complexity index is 642. The SMILES string of the molecule is C=Cc1cccc(OC(=O)/C=C/c2ccc(Cl)cc2)c1. The first-order chi connectivity index (χ1) is 9.67. The molecule has 0 aliphatic rings. The van der Waals surface area contributed by atoms with Gasteiger partial charge in [-0.05, 0) is 41.5 Å². The molecule has 0 bridgehead atoms. The van der Waals surface area contributed by atoms with Gasteiger partial charge in [0.05, 0.1) is 0 Å². The molecule has 100 valence electrons. The van der Waals surface area contributed by atoms with Crippen LogP contribution in [0.5, 0.6) is 5.75 Å². The molecular formula is C17H13ClO2. The van der Waals surface area contributed by atoms with Gasteiger partial charge in [-0.3, -0.25) is 0 Å². The van der Waals surface area contributed by atoms with Crippen molar-refractivity contribution in [3.63, 3.8) is 0 Å². The summed E-state index contributed by atoms with van der Waals surface area (Å²) < 4.78 is 5.20. The van der Waals surface area contributed by atoms with Crippen molar-refractivity contribution in [3.05, 3.63) is 77.3 Å². The molecule has 0 radical (unpaired) electrons. The second-order valence-corrected chi connectivity index (χ2v) is 4.52. The van der Waals surface area contributed by atoms with E-state index in [0.29, 0.717) is 10.8 Å². The summed E-state index contributed by atoms with van der Waals surface area (Å²) in [5.74, 6) is 0.0642. The number of carbonyl (C=O) groups excluding carboxylic acids is 1. The maximum atomic E-state index is 11.7. The van der Waals surface area contributed by atoms with Gasteiger partial charge in [0.25, 0.3) is 0 Å². The van der Waals surface area contributed by atoms with Crippen molar-refractivity contribution < 1.29 is 9.53 Å². The molecule has 0 amide bonds. The van der Waals surface area contributed by atoms with Crippen LogP contribution in [0.2, 0.25) is 5.02 Å². The third kappa shape index (κ3) is 4.11. The highest BCUT2D eigenvalue weighted by Gasteiger charge is 2.00. The Morgan fingerprint density at radius 3 is 2.55 bits per heavy atom. The van der Waals surface area contributed by atoms with E-state index in [4.69, 9.17) is 16.3 Å². The van der Waals surface area contributed by atoms with Gasteiger partial charge in [-0.25, -0.2) is 4.79 Å². The molecular weight excluding hydrogens is 272 g/mol. The Morgan fingerprint density at radius 2 is 1.85 bits per heavy atom. The first kappa shape index (κ1) is 14.1. The zero-order valence-corrected chi connectivity index (χ0v) is 11.5. The van der Waals surface area contributed by atoms with Crippen molar-refractivity contribution in [1.82, 2.24) is 0 Å². The van der Waals surface area contributed by atoms with Crippen molar-refractivity contribution in [2.75, 3.05) is 0 Å². The van der Waals surface area contributed by atoms with Gasteiger partial charge in [0.15, 0.2) is 0 Å². The van der Waals surface area contributed by atoms with Crippen LogP contribution >= 0.6 is 11.6 Å². The molecule has 0 atom stereocenters. The summed E-state index contributed by atoms with van der Waals surface area (Å²) >= 11 is 5.79. The van der Waals surface area contributed by atoms with Gasteiger partial charge in [-0.2, -0.15) is 0 Å². The summed E-state index contributed by atoms with van der Waals surface area (Å²) in [7, 11) is 0. The van der Waals surface area contributed by atoms with Crippen molar-refractivity contribution >= 4 is 29.7 Å². The number of rotatable bonds is 4. The summed E-state index contributed by atoms with van der Waals surface area (Å²) in [4.78, 5) is 11.7. The quantitative estimate of drug-likeness (QED) is 0.466. The molecule has 20 heavy (non-hydrogen) atoms. The van der Waals surface area contributed by atoms with Crippen LogP contribution in [-0.2, 0) is 4.79 Å². The summed E-state index contributed by atoms with van der Waals surface area (Å²) in [5, 5.41) is 0.658. The molecule has 0 heterocycles. The minimum Gasteiger partial charge on any atom is -0.423 e. The highest BCUT2D eigenvalue weighted by molar-refractivity contribution is 6.30. The van der Waals surface area contributed by atoms with Crippen LogP contribution in [0.4, 0.5) is 0 Å². The normalized spacial score (nSPS) is 10.4. The Morgan fingerprint density at radius 1 is 1.10 bits per heavy atom. The number of esters is 1. The van der Waals surface area contributed by atoms with Crippen LogP contribution in [0, 0.1) is 0 Å². The first-order valence-corrected chi connectivity index (χ1v) is 6.43. The Hall–Kier alpha value is -2.32. The molecule has 0 aromatic heterocycles. The monoisotopic (exact) mass is 284 g/mol. The van der Waals surface area contributed by atoms with Crippen molar-refractivity contribution in [1.29, 1.82) is 0 Å². The molecule has 0 aliphatic carbocycles. The zero-order valence-electron chi connectivity index (χ0n) is 10.8. The standard InChI is InChI=1S/C17H13ClO2/c1-2-13-4-3-5-16(12-13)20-17(19)11-8-14-6-9-15(18)10-7-14/h2-12H,1H2/b11-8+. The molecule has 0 fully saturated rings. The Balaban J connectivity index is 2.01. The average molecular weight is 285 g/mol. The predicted molar refractivity (Wildman–Crippen MR) is 82.7 cm³/mol. The van der Waals surface area contributed by atoms with E-state index in [0.717, 1.165) is 11.1 Å². The lowest BCUT2D eigenvalue weighted by Crippen LogP contribution is -2.03. The van der Waals surface area contributed by atoms with Crippen molar-refractivity contribution in [3.8, 4) is 5.75 Å². The zero-order chi connectivity index (χ0) is 14.4. The van der Waals surface area contributed by atoms with Crippen molar-refractivity contribution in [2.45, 2.75) is 0 Å². The van der Waals surface area contributed by atoms with E-state index >= 15 is 0 Å². The van der Waals surface area contributed by atoms with Gasteiger partial charge in [0, 0.05) is 11.1 Å². The third-order valence-electron chi connectivity index (χ3n) is 2.59. The molecule has 2 nitrogen and oxygen atoms in total. The summed E-state index contributed by atoms with van der Waals surface area (Å²) in [6.45, 7) is 3.67. The fourth-order valence-corrected chi connectivity index (χ4v) is 1.72. The van der Waals surface area contributed by atoms with E-state index in [1.54, 1.807) is 36.4 Å². The lowest BCUT2D eigenvalue weighted by Gasteiger charge is -2.02. The fourth-order valence-electron chi connectivity index (χ4n) is 1.59. The lowest BCUT2D eigenvalue weighted by atomic mass is 10.2.